The smallest absolute Gasteiger partial charge is 0.235 e. The molecule has 1 fully saturated rings. The van der Waals surface area contributed by atoms with Crippen molar-refractivity contribution in [1.29, 1.82) is 0 Å². The van der Waals surface area contributed by atoms with Crippen LogP contribution < -0.4 is 5.32 Å². The summed E-state index contributed by atoms with van der Waals surface area (Å²) in [5.74, 6) is 0.107. The van der Waals surface area contributed by atoms with E-state index in [1.54, 1.807) is 12.3 Å². The molecule has 0 unspecified atom stereocenters. The first kappa shape index (κ1) is 14.6. The summed E-state index contributed by atoms with van der Waals surface area (Å²) in [6.45, 7) is 0. The van der Waals surface area contributed by atoms with Crippen LogP contribution in [-0.4, -0.2) is 15.9 Å². The van der Waals surface area contributed by atoms with E-state index in [-0.39, 0.29) is 11.8 Å². The first-order valence-electron chi connectivity index (χ1n) is 8.18. The number of carbonyl (C=O) groups excluding carboxylic acids is 1. The number of hydrogen-bond donors (Lipinski definition) is 1. The molecule has 1 aliphatic carbocycles. The third-order valence-electron chi connectivity index (χ3n) is 5.13. The Morgan fingerprint density at radius 2 is 1.96 bits per heavy atom. The van der Waals surface area contributed by atoms with E-state index in [4.69, 9.17) is 16.6 Å². The summed E-state index contributed by atoms with van der Waals surface area (Å²) >= 11 is 6.16. The first-order chi connectivity index (χ1) is 12.2. The number of nitrogens with one attached hydrogen (secondary N) is 1. The van der Waals surface area contributed by atoms with E-state index < -0.39 is 5.41 Å². The molecule has 5 heteroatoms. The van der Waals surface area contributed by atoms with Crippen molar-refractivity contribution in [2.24, 2.45) is 0 Å². The van der Waals surface area contributed by atoms with Crippen molar-refractivity contribution >= 4 is 23.2 Å². The molecule has 1 spiro atoms. The Morgan fingerprint density at radius 3 is 2.80 bits per heavy atom. The number of hydrogen-bond acceptors (Lipinski definition) is 3. The van der Waals surface area contributed by atoms with Crippen molar-refractivity contribution in [3.63, 3.8) is 0 Å². The van der Waals surface area contributed by atoms with Crippen molar-refractivity contribution in [3.8, 4) is 11.4 Å². The Hall–Kier alpha value is -2.72. The number of fused-ring (bicyclic) bond motifs is 2. The molecule has 3 heterocycles. The van der Waals surface area contributed by atoms with Crippen LogP contribution in [0.25, 0.3) is 11.4 Å². The lowest BCUT2D eigenvalue weighted by Crippen LogP contribution is -2.21. The molecule has 122 valence electrons. The Labute approximate surface area is 149 Å². The number of benzene rings is 1. The topological polar surface area (TPSA) is 54.9 Å². The molecule has 2 aromatic heterocycles. The molecule has 0 bridgehead atoms. The number of halogens is 1. The van der Waals surface area contributed by atoms with Gasteiger partial charge in [0.2, 0.25) is 5.91 Å². The summed E-state index contributed by atoms with van der Waals surface area (Å²) in [7, 11) is 0. The SMILES string of the molecule is O=C1Nc2ccc(Cl)cc2[C@@]12C[C@@H]2c1cccc(-c2ccccn2)n1. The molecule has 1 N–H and O–H groups in total. The molecule has 1 aliphatic heterocycles. The minimum Gasteiger partial charge on any atom is -0.325 e. The number of rotatable bonds is 2. The van der Waals surface area contributed by atoms with Crippen LogP contribution in [0.3, 0.4) is 0 Å². The third-order valence-corrected chi connectivity index (χ3v) is 5.37. The molecule has 1 aromatic carbocycles. The third kappa shape index (κ3) is 2.11. The molecule has 1 amide bonds. The van der Waals surface area contributed by atoms with Gasteiger partial charge in [0.05, 0.1) is 16.8 Å². The molecule has 1 saturated carbocycles. The second-order valence-electron chi connectivity index (χ2n) is 6.53. The van der Waals surface area contributed by atoms with Crippen LogP contribution in [-0.2, 0) is 10.2 Å². The Bertz CT molecular complexity index is 1000. The van der Waals surface area contributed by atoms with Gasteiger partial charge in [0.1, 0.15) is 0 Å². The van der Waals surface area contributed by atoms with E-state index in [0.29, 0.717) is 5.02 Å². The monoisotopic (exact) mass is 347 g/mol. The Kier molecular flexibility index (Phi) is 3.00. The summed E-state index contributed by atoms with van der Waals surface area (Å²) in [6, 6.07) is 17.2. The fourth-order valence-corrected chi connectivity index (χ4v) is 3.99. The normalized spacial score (nSPS) is 23.4. The molecule has 3 aromatic rings. The molecule has 4 nitrogen and oxygen atoms in total. The molecule has 2 aliphatic rings. The summed E-state index contributed by atoms with van der Waals surface area (Å²) in [4.78, 5) is 21.8. The lowest BCUT2D eigenvalue weighted by Gasteiger charge is -2.09. The molecular formula is C20H14ClN3O. The molecule has 25 heavy (non-hydrogen) atoms. The minimum atomic E-state index is -0.532. The van der Waals surface area contributed by atoms with E-state index in [9.17, 15) is 4.79 Å². The second kappa shape index (κ2) is 5.14. The number of anilines is 1. The first-order valence-corrected chi connectivity index (χ1v) is 8.56. The average Bonchev–Trinajstić information content (AvgIpc) is 3.35. The van der Waals surface area contributed by atoms with Crippen LogP contribution in [0.15, 0.2) is 60.8 Å². The van der Waals surface area contributed by atoms with Gasteiger partial charge >= 0.3 is 0 Å². The predicted octanol–water partition coefficient (Wildman–Crippen LogP) is 4.17. The Morgan fingerprint density at radius 1 is 1.08 bits per heavy atom. The molecule has 5 rings (SSSR count). The van der Waals surface area contributed by atoms with E-state index in [1.807, 2.05) is 48.5 Å². The summed E-state index contributed by atoms with van der Waals surface area (Å²) in [6.07, 6.45) is 2.51. The maximum Gasteiger partial charge on any atom is 0.235 e. The van der Waals surface area contributed by atoms with Gasteiger partial charge in [0.15, 0.2) is 0 Å². The van der Waals surface area contributed by atoms with Crippen molar-refractivity contribution in [2.45, 2.75) is 17.8 Å². The van der Waals surface area contributed by atoms with Crippen LogP contribution in [0.2, 0.25) is 5.02 Å². The zero-order valence-corrected chi connectivity index (χ0v) is 14.0. The van der Waals surface area contributed by atoms with Crippen molar-refractivity contribution < 1.29 is 4.79 Å². The predicted molar refractivity (Wildman–Crippen MR) is 96.6 cm³/mol. The summed E-state index contributed by atoms with van der Waals surface area (Å²) in [5.41, 5.74) is 3.89. The number of amides is 1. The second-order valence-corrected chi connectivity index (χ2v) is 6.97. The van der Waals surface area contributed by atoms with Gasteiger partial charge in [-0.1, -0.05) is 23.7 Å². The highest BCUT2D eigenvalue weighted by Gasteiger charge is 2.65. The highest BCUT2D eigenvalue weighted by atomic mass is 35.5. The van der Waals surface area contributed by atoms with Gasteiger partial charge in [-0.3, -0.25) is 14.8 Å². The van der Waals surface area contributed by atoms with Gasteiger partial charge in [-0.25, -0.2) is 0 Å². The van der Waals surface area contributed by atoms with E-state index in [2.05, 4.69) is 10.3 Å². The van der Waals surface area contributed by atoms with Gasteiger partial charge in [-0.2, -0.15) is 0 Å². The number of pyridine rings is 2. The maximum absolute atomic E-state index is 12.7. The van der Waals surface area contributed by atoms with Gasteiger partial charge in [0, 0.05) is 28.5 Å². The molecule has 0 saturated heterocycles. The molecule has 0 radical (unpaired) electrons. The lowest BCUT2D eigenvalue weighted by molar-refractivity contribution is -0.118. The standard InChI is InChI=1S/C20H14ClN3O/c21-12-7-8-16-13(10-12)20(19(25)24-16)11-14(20)15-5-3-6-18(23-15)17-4-1-2-9-22-17/h1-10,14H,11H2,(H,24,25)/t14-,20-/m1/s1. The number of nitrogens with zero attached hydrogens (tertiary/aromatic N) is 2. The number of carbonyl (C=O) groups is 1. The highest BCUT2D eigenvalue weighted by molar-refractivity contribution is 6.31. The van der Waals surface area contributed by atoms with Gasteiger partial charge in [0.25, 0.3) is 0 Å². The van der Waals surface area contributed by atoms with Crippen molar-refractivity contribution in [1.82, 2.24) is 9.97 Å². The van der Waals surface area contributed by atoms with E-state index in [1.165, 1.54) is 0 Å². The zero-order valence-electron chi connectivity index (χ0n) is 13.2. The van der Waals surface area contributed by atoms with Crippen LogP contribution >= 0.6 is 11.6 Å². The number of aromatic nitrogens is 2. The van der Waals surface area contributed by atoms with Crippen LogP contribution in [0.4, 0.5) is 5.69 Å². The highest BCUT2D eigenvalue weighted by Crippen LogP contribution is 2.64. The fourth-order valence-electron chi connectivity index (χ4n) is 3.82. The van der Waals surface area contributed by atoms with Gasteiger partial charge in [-0.05, 0) is 54.4 Å². The lowest BCUT2D eigenvalue weighted by atomic mass is 9.93. The fraction of sp³-hybridized carbons (Fsp3) is 0.150. The van der Waals surface area contributed by atoms with E-state index in [0.717, 1.165) is 34.8 Å². The molecule has 2 atom stereocenters. The molecular weight excluding hydrogens is 334 g/mol. The summed E-state index contributed by atoms with van der Waals surface area (Å²) in [5, 5.41) is 3.63. The van der Waals surface area contributed by atoms with E-state index >= 15 is 0 Å². The quantitative estimate of drug-likeness (QED) is 0.756. The van der Waals surface area contributed by atoms with Crippen LogP contribution in [0.1, 0.15) is 23.6 Å². The zero-order chi connectivity index (χ0) is 17.0. The van der Waals surface area contributed by atoms with Crippen LogP contribution in [0.5, 0.6) is 0 Å². The minimum absolute atomic E-state index is 0.0415. The van der Waals surface area contributed by atoms with Crippen molar-refractivity contribution in [2.75, 3.05) is 5.32 Å². The van der Waals surface area contributed by atoms with Gasteiger partial charge in [-0.15, -0.1) is 0 Å². The van der Waals surface area contributed by atoms with Gasteiger partial charge < -0.3 is 5.32 Å². The Balaban J connectivity index is 1.56. The van der Waals surface area contributed by atoms with Crippen LogP contribution in [0, 0.1) is 0 Å². The average molecular weight is 348 g/mol. The largest absolute Gasteiger partial charge is 0.325 e. The van der Waals surface area contributed by atoms with Crippen molar-refractivity contribution in [3.05, 3.63) is 77.1 Å². The maximum atomic E-state index is 12.7. The summed E-state index contributed by atoms with van der Waals surface area (Å²) < 4.78 is 0.